The minimum absolute atomic E-state index is 0.317. The highest BCUT2D eigenvalue weighted by Crippen LogP contribution is 2.32. The summed E-state index contributed by atoms with van der Waals surface area (Å²) in [7, 11) is 1.61. The molecule has 0 aliphatic carbocycles. The monoisotopic (exact) mass is 422 g/mol. The van der Waals surface area contributed by atoms with E-state index in [0.717, 1.165) is 10.9 Å². The van der Waals surface area contributed by atoms with Crippen molar-refractivity contribution in [3.8, 4) is 17.0 Å². The summed E-state index contributed by atoms with van der Waals surface area (Å²) in [5.41, 5.74) is 3.08. The van der Waals surface area contributed by atoms with Gasteiger partial charge in [0.1, 0.15) is 5.75 Å². The van der Waals surface area contributed by atoms with Gasteiger partial charge in [-0.15, -0.1) is 0 Å². The molecule has 0 saturated heterocycles. The molecule has 0 atom stereocenters. The summed E-state index contributed by atoms with van der Waals surface area (Å²) in [6, 6.07) is 21.9. The first kappa shape index (κ1) is 19.2. The first-order valence-electron chi connectivity index (χ1n) is 8.86. The predicted molar refractivity (Wildman–Crippen MR) is 118 cm³/mol. The fourth-order valence-electron chi connectivity index (χ4n) is 3.09. The van der Waals surface area contributed by atoms with E-state index >= 15 is 0 Å². The van der Waals surface area contributed by atoms with Crippen molar-refractivity contribution in [3.63, 3.8) is 0 Å². The number of ether oxygens (including phenoxy) is 1. The molecule has 3 aromatic carbocycles. The van der Waals surface area contributed by atoms with Gasteiger partial charge in [-0.1, -0.05) is 59.6 Å². The van der Waals surface area contributed by atoms with Crippen molar-refractivity contribution in [1.29, 1.82) is 0 Å². The Morgan fingerprint density at radius 3 is 2.41 bits per heavy atom. The van der Waals surface area contributed by atoms with Crippen molar-refractivity contribution in [1.82, 2.24) is 4.98 Å². The summed E-state index contributed by atoms with van der Waals surface area (Å²) in [6.07, 6.45) is 0. The molecule has 4 aromatic rings. The highest BCUT2D eigenvalue weighted by molar-refractivity contribution is 6.40. The number of carbonyl (C=O) groups excluding carboxylic acids is 1. The van der Waals surface area contributed by atoms with Crippen molar-refractivity contribution < 1.29 is 9.53 Å². The van der Waals surface area contributed by atoms with E-state index in [0.29, 0.717) is 38.3 Å². The molecule has 0 bridgehead atoms. The maximum atomic E-state index is 13.2. The van der Waals surface area contributed by atoms with Crippen LogP contribution in [0.2, 0.25) is 10.0 Å². The Hall–Kier alpha value is -3.08. The Balaban J connectivity index is 1.83. The van der Waals surface area contributed by atoms with Crippen molar-refractivity contribution in [3.05, 3.63) is 88.4 Å². The number of hydrogen-bond donors (Lipinski definition) is 1. The number of halogens is 2. The molecule has 1 N–H and O–H groups in total. The van der Waals surface area contributed by atoms with E-state index in [1.54, 1.807) is 31.4 Å². The highest BCUT2D eigenvalue weighted by atomic mass is 35.5. The molecular weight excluding hydrogens is 407 g/mol. The van der Waals surface area contributed by atoms with Crippen LogP contribution in [-0.2, 0) is 0 Å². The molecule has 0 aliphatic rings. The van der Waals surface area contributed by atoms with E-state index in [4.69, 9.17) is 32.9 Å². The van der Waals surface area contributed by atoms with Gasteiger partial charge in [-0.3, -0.25) is 4.79 Å². The second-order valence-electron chi connectivity index (χ2n) is 6.35. The van der Waals surface area contributed by atoms with Crippen LogP contribution in [0.15, 0.2) is 72.8 Å². The number of hydrogen-bond acceptors (Lipinski definition) is 3. The van der Waals surface area contributed by atoms with Crippen LogP contribution in [0.5, 0.6) is 5.75 Å². The van der Waals surface area contributed by atoms with Crippen LogP contribution in [0.25, 0.3) is 22.2 Å². The molecule has 1 heterocycles. The minimum Gasteiger partial charge on any atom is -0.497 e. The number of nitrogens with one attached hydrogen (secondary N) is 1. The molecule has 144 valence electrons. The number of anilines is 1. The fraction of sp³-hybridized carbons (Fsp3) is 0.0435. The maximum Gasteiger partial charge on any atom is 0.256 e. The molecule has 0 unspecified atom stereocenters. The smallest absolute Gasteiger partial charge is 0.256 e. The van der Waals surface area contributed by atoms with Gasteiger partial charge >= 0.3 is 0 Å². The predicted octanol–water partition coefficient (Wildman–Crippen LogP) is 6.47. The van der Waals surface area contributed by atoms with Gasteiger partial charge in [0.05, 0.1) is 39.6 Å². The van der Waals surface area contributed by atoms with E-state index < -0.39 is 0 Å². The number of amides is 1. The lowest BCUT2D eigenvalue weighted by Crippen LogP contribution is -2.13. The van der Waals surface area contributed by atoms with Gasteiger partial charge in [-0.2, -0.15) is 0 Å². The van der Waals surface area contributed by atoms with Crippen LogP contribution >= 0.6 is 23.2 Å². The maximum absolute atomic E-state index is 13.2. The Kier molecular flexibility index (Phi) is 5.38. The molecular formula is C23H16Cl2N2O2. The molecule has 0 fully saturated rings. The molecule has 4 rings (SSSR count). The summed E-state index contributed by atoms with van der Waals surface area (Å²) >= 11 is 12.4. The second kappa shape index (κ2) is 8.11. The molecule has 0 radical (unpaired) electrons. The Bertz CT molecular complexity index is 1200. The van der Waals surface area contributed by atoms with Crippen LogP contribution in [-0.4, -0.2) is 18.0 Å². The molecule has 0 spiro atoms. The minimum atomic E-state index is -0.317. The van der Waals surface area contributed by atoms with Crippen LogP contribution < -0.4 is 10.1 Å². The van der Waals surface area contributed by atoms with Crippen LogP contribution in [0, 0.1) is 0 Å². The number of fused-ring (bicyclic) bond motifs is 1. The lowest BCUT2D eigenvalue weighted by atomic mass is 10.0. The summed E-state index contributed by atoms with van der Waals surface area (Å²) < 4.78 is 5.31. The lowest BCUT2D eigenvalue weighted by Gasteiger charge is -2.13. The Morgan fingerprint density at radius 1 is 0.931 bits per heavy atom. The van der Waals surface area contributed by atoms with E-state index in [9.17, 15) is 4.79 Å². The number of para-hydroxylation sites is 2. The number of nitrogens with zero attached hydrogens (tertiary/aromatic N) is 1. The molecule has 1 aromatic heterocycles. The third kappa shape index (κ3) is 3.90. The van der Waals surface area contributed by atoms with E-state index in [1.165, 1.54) is 0 Å². The lowest BCUT2D eigenvalue weighted by molar-refractivity contribution is 0.102. The van der Waals surface area contributed by atoms with Gasteiger partial charge in [0.2, 0.25) is 0 Å². The number of methoxy groups -OCH3 is 1. The standard InChI is InChI=1S/C23H16Cl2N2O2/c1-29-15-7-4-6-14(12-15)21-13-17(16-8-2-3-11-20(16)26-21)23(28)27-22-18(24)9-5-10-19(22)25/h2-13H,1H3,(H,27,28). The van der Waals surface area contributed by atoms with E-state index in [1.807, 2.05) is 48.5 Å². The number of benzene rings is 3. The van der Waals surface area contributed by atoms with Gasteiger partial charge in [0.15, 0.2) is 0 Å². The molecule has 1 amide bonds. The fourth-order valence-corrected chi connectivity index (χ4v) is 3.58. The first-order valence-corrected chi connectivity index (χ1v) is 9.62. The Labute approximate surface area is 178 Å². The van der Waals surface area contributed by atoms with E-state index in [2.05, 4.69) is 5.32 Å². The largest absolute Gasteiger partial charge is 0.497 e. The summed E-state index contributed by atoms with van der Waals surface area (Å²) in [5.74, 6) is 0.397. The zero-order chi connectivity index (χ0) is 20.4. The van der Waals surface area contributed by atoms with Gasteiger partial charge in [-0.05, 0) is 36.4 Å². The van der Waals surface area contributed by atoms with Crippen molar-refractivity contribution in [2.45, 2.75) is 0 Å². The number of pyridine rings is 1. The van der Waals surface area contributed by atoms with Crippen molar-refractivity contribution in [2.75, 3.05) is 12.4 Å². The second-order valence-corrected chi connectivity index (χ2v) is 7.17. The number of aromatic nitrogens is 1. The molecule has 4 nitrogen and oxygen atoms in total. The summed E-state index contributed by atoms with van der Waals surface area (Å²) in [6.45, 7) is 0. The van der Waals surface area contributed by atoms with Crippen LogP contribution in [0.1, 0.15) is 10.4 Å². The van der Waals surface area contributed by atoms with Crippen LogP contribution in [0.4, 0.5) is 5.69 Å². The molecule has 29 heavy (non-hydrogen) atoms. The highest BCUT2D eigenvalue weighted by Gasteiger charge is 2.16. The summed E-state index contributed by atoms with van der Waals surface area (Å²) in [4.78, 5) is 17.9. The first-order chi connectivity index (χ1) is 14.1. The summed E-state index contributed by atoms with van der Waals surface area (Å²) in [5, 5.41) is 4.31. The number of rotatable bonds is 4. The average molecular weight is 423 g/mol. The Morgan fingerprint density at radius 2 is 1.66 bits per heavy atom. The molecule has 0 aliphatic heterocycles. The quantitative estimate of drug-likeness (QED) is 0.409. The van der Waals surface area contributed by atoms with E-state index in [-0.39, 0.29) is 5.91 Å². The average Bonchev–Trinajstić information content (AvgIpc) is 2.75. The molecule has 0 saturated carbocycles. The SMILES string of the molecule is COc1cccc(-c2cc(C(=O)Nc3c(Cl)cccc3Cl)c3ccccc3n2)c1. The number of carbonyl (C=O) groups is 1. The third-order valence-corrected chi connectivity index (χ3v) is 5.16. The van der Waals surface area contributed by atoms with Crippen molar-refractivity contribution in [2.24, 2.45) is 0 Å². The zero-order valence-electron chi connectivity index (χ0n) is 15.4. The van der Waals surface area contributed by atoms with Crippen LogP contribution in [0.3, 0.4) is 0 Å². The van der Waals surface area contributed by atoms with Gasteiger partial charge < -0.3 is 10.1 Å². The van der Waals surface area contributed by atoms with Gasteiger partial charge in [-0.25, -0.2) is 4.98 Å². The third-order valence-electron chi connectivity index (χ3n) is 4.53. The van der Waals surface area contributed by atoms with Crippen molar-refractivity contribution >= 4 is 45.7 Å². The zero-order valence-corrected chi connectivity index (χ0v) is 17.0. The van der Waals surface area contributed by atoms with Gasteiger partial charge in [0.25, 0.3) is 5.91 Å². The topological polar surface area (TPSA) is 51.2 Å². The van der Waals surface area contributed by atoms with Gasteiger partial charge in [0, 0.05) is 10.9 Å². The molecule has 6 heteroatoms. The normalized spacial score (nSPS) is 10.7.